The van der Waals surface area contributed by atoms with Crippen LogP contribution in [0.4, 0.5) is 13.2 Å². The number of benzene rings is 2. The highest BCUT2D eigenvalue weighted by molar-refractivity contribution is 7.71. The number of fused-ring (bicyclic) bond motifs is 1. The van der Waals surface area contributed by atoms with Crippen molar-refractivity contribution in [2.45, 2.75) is 19.1 Å². The molecule has 0 bridgehead atoms. The first-order valence-electron chi connectivity index (χ1n) is 8.29. The summed E-state index contributed by atoms with van der Waals surface area (Å²) >= 11 is 5.07. The van der Waals surface area contributed by atoms with Gasteiger partial charge in [-0.25, -0.2) is 0 Å². The topological polar surface area (TPSA) is 66.9 Å². The van der Waals surface area contributed by atoms with Gasteiger partial charge in [-0.3, -0.25) is 14.2 Å². The fourth-order valence-corrected chi connectivity index (χ4v) is 2.99. The van der Waals surface area contributed by atoms with E-state index in [1.165, 1.54) is 41.9 Å². The Hall–Kier alpha value is -2.94. The van der Waals surface area contributed by atoms with Crippen molar-refractivity contribution in [1.29, 1.82) is 0 Å². The number of aromatic amines is 1. The second kappa shape index (κ2) is 7.23. The first-order valence-corrected chi connectivity index (χ1v) is 8.70. The second-order valence-corrected chi connectivity index (χ2v) is 6.76. The van der Waals surface area contributed by atoms with E-state index in [9.17, 15) is 22.8 Å². The number of aromatic nitrogens is 2. The number of rotatable bonds is 3. The SMILES string of the molecule is CC(NC(=O)c1ccc2c(=O)n(C)c(=S)[nH]c2c1)c1cccc(C(F)(F)F)c1. The van der Waals surface area contributed by atoms with Crippen LogP contribution in [0.15, 0.2) is 47.3 Å². The van der Waals surface area contributed by atoms with E-state index in [4.69, 9.17) is 12.2 Å². The summed E-state index contributed by atoms with van der Waals surface area (Å²) in [7, 11) is 1.54. The van der Waals surface area contributed by atoms with E-state index in [1.807, 2.05) is 0 Å². The predicted molar refractivity (Wildman–Crippen MR) is 102 cm³/mol. The molecule has 0 aliphatic carbocycles. The summed E-state index contributed by atoms with van der Waals surface area (Å²) in [6.07, 6.45) is -4.46. The Kier molecular flexibility index (Phi) is 5.12. The highest BCUT2D eigenvalue weighted by Crippen LogP contribution is 2.30. The zero-order valence-corrected chi connectivity index (χ0v) is 15.7. The van der Waals surface area contributed by atoms with E-state index < -0.39 is 23.7 Å². The third kappa shape index (κ3) is 3.84. The summed E-state index contributed by atoms with van der Waals surface area (Å²) in [4.78, 5) is 27.6. The highest BCUT2D eigenvalue weighted by Gasteiger charge is 2.30. The summed E-state index contributed by atoms with van der Waals surface area (Å²) in [5.41, 5.74) is -0.0711. The molecule has 1 amide bonds. The summed E-state index contributed by atoms with van der Waals surface area (Å²) in [6.45, 7) is 1.59. The van der Waals surface area contributed by atoms with Crippen LogP contribution < -0.4 is 10.9 Å². The van der Waals surface area contributed by atoms with Gasteiger partial charge >= 0.3 is 6.18 Å². The van der Waals surface area contributed by atoms with Crippen LogP contribution in [0.3, 0.4) is 0 Å². The fourth-order valence-electron chi connectivity index (χ4n) is 2.80. The van der Waals surface area contributed by atoms with Crippen LogP contribution in [0, 0.1) is 4.77 Å². The van der Waals surface area contributed by atoms with Gasteiger partial charge in [0.1, 0.15) is 0 Å². The van der Waals surface area contributed by atoms with Gasteiger partial charge in [-0.1, -0.05) is 12.1 Å². The van der Waals surface area contributed by atoms with Crippen LogP contribution in [-0.2, 0) is 13.2 Å². The van der Waals surface area contributed by atoms with E-state index in [0.717, 1.165) is 12.1 Å². The fraction of sp³-hybridized carbons (Fsp3) is 0.211. The molecular weight excluding hydrogens is 391 g/mol. The van der Waals surface area contributed by atoms with Gasteiger partial charge in [-0.2, -0.15) is 13.2 Å². The van der Waals surface area contributed by atoms with Crippen LogP contribution in [0.5, 0.6) is 0 Å². The molecule has 28 heavy (non-hydrogen) atoms. The molecular formula is C19H16F3N3O2S. The standard InChI is InChI=1S/C19H16F3N3O2S/c1-10(11-4-3-5-13(8-11)19(20,21)22)23-16(26)12-6-7-14-15(9-12)24-18(28)25(2)17(14)27/h3-10H,1-2H3,(H,23,26)(H,24,28). The van der Waals surface area contributed by atoms with E-state index in [-0.39, 0.29) is 15.9 Å². The van der Waals surface area contributed by atoms with Gasteiger partial charge in [0, 0.05) is 12.6 Å². The Morgan fingerprint density at radius 3 is 2.61 bits per heavy atom. The Labute approximate surface area is 162 Å². The molecule has 146 valence electrons. The summed E-state index contributed by atoms with van der Waals surface area (Å²) in [5, 5.41) is 3.04. The molecule has 2 N–H and O–H groups in total. The van der Waals surface area contributed by atoms with Crippen LogP contribution in [-0.4, -0.2) is 15.5 Å². The van der Waals surface area contributed by atoms with Crippen molar-refractivity contribution in [3.63, 3.8) is 0 Å². The Balaban J connectivity index is 1.88. The molecule has 0 radical (unpaired) electrons. The van der Waals surface area contributed by atoms with Gasteiger partial charge in [0.15, 0.2) is 4.77 Å². The smallest absolute Gasteiger partial charge is 0.346 e. The molecule has 3 aromatic rings. The van der Waals surface area contributed by atoms with Gasteiger partial charge in [-0.05, 0) is 55.0 Å². The number of alkyl halides is 3. The molecule has 0 spiro atoms. The number of hydrogen-bond acceptors (Lipinski definition) is 3. The molecule has 0 aliphatic rings. The van der Waals surface area contributed by atoms with Crippen molar-refractivity contribution in [3.8, 4) is 0 Å². The molecule has 1 atom stereocenters. The lowest BCUT2D eigenvalue weighted by Crippen LogP contribution is -2.27. The van der Waals surface area contributed by atoms with E-state index >= 15 is 0 Å². The first-order chi connectivity index (χ1) is 13.1. The second-order valence-electron chi connectivity index (χ2n) is 6.37. The minimum Gasteiger partial charge on any atom is -0.346 e. The zero-order valence-electron chi connectivity index (χ0n) is 14.9. The maximum Gasteiger partial charge on any atom is 0.416 e. The van der Waals surface area contributed by atoms with Crippen LogP contribution >= 0.6 is 12.2 Å². The number of amides is 1. The average Bonchev–Trinajstić information content (AvgIpc) is 2.65. The Morgan fingerprint density at radius 2 is 1.93 bits per heavy atom. The number of hydrogen-bond donors (Lipinski definition) is 2. The van der Waals surface area contributed by atoms with Crippen LogP contribution in [0.25, 0.3) is 10.9 Å². The number of nitrogens with zero attached hydrogens (tertiary/aromatic N) is 1. The quantitative estimate of drug-likeness (QED) is 0.643. The summed E-state index contributed by atoms with van der Waals surface area (Å²) in [5.74, 6) is -0.480. The minimum absolute atomic E-state index is 0.215. The number of halogens is 3. The van der Waals surface area contributed by atoms with Gasteiger partial charge in [0.2, 0.25) is 0 Å². The predicted octanol–water partition coefficient (Wildman–Crippen LogP) is 4.11. The normalized spacial score (nSPS) is 12.8. The lowest BCUT2D eigenvalue weighted by atomic mass is 10.0. The number of carbonyl (C=O) groups excluding carboxylic acids is 1. The van der Waals surface area contributed by atoms with Gasteiger partial charge in [0.05, 0.1) is 22.5 Å². The molecule has 0 saturated heterocycles. The van der Waals surface area contributed by atoms with Crippen LogP contribution in [0.2, 0.25) is 0 Å². The van der Waals surface area contributed by atoms with Crippen molar-refractivity contribution in [2.75, 3.05) is 0 Å². The van der Waals surface area contributed by atoms with Crippen molar-refractivity contribution in [2.24, 2.45) is 7.05 Å². The van der Waals surface area contributed by atoms with Crippen molar-refractivity contribution in [3.05, 3.63) is 74.3 Å². The van der Waals surface area contributed by atoms with Gasteiger partial charge in [-0.15, -0.1) is 0 Å². The van der Waals surface area contributed by atoms with Crippen molar-refractivity contribution in [1.82, 2.24) is 14.9 Å². The molecule has 2 aromatic carbocycles. The molecule has 1 aromatic heterocycles. The largest absolute Gasteiger partial charge is 0.416 e. The van der Waals surface area contributed by atoms with E-state index in [1.54, 1.807) is 6.92 Å². The first kappa shape index (κ1) is 19.8. The van der Waals surface area contributed by atoms with Gasteiger partial charge < -0.3 is 10.3 Å². The maximum absolute atomic E-state index is 12.9. The average molecular weight is 407 g/mol. The minimum atomic E-state index is -4.46. The monoisotopic (exact) mass is 407 g/mol. The highest BCUT2D eigenvalue weighted by atomic mass is 32.1. The molecule has 1 unspecified atom stereocenters. The third-order valence-electron chi connectivity index (χ3n) is 4.42. The third-order valence-corrected chi connectivity index (χ3v) is 4.80. The van der Waals surface area contributed by atoms with E-state index in [2.05, 4.69) is 10.3 Å². The Morgan fingerprint density at radius 1 is 1.21 bits per heavy atom. The summed E-state index contributed by atoms with van der Waals surface area (Å²) < 4.78 is 40.1. The molecule has 3 rings (SSSR count). The Bertz CT molecular complexity index is 1180. The van der Waals surface area contributed by atoms with E-state index in [0.29, 0.717) is 16.5 Å². The lowest BCUT2D eigenvalue weighted by Gasteiger charge is -2.16. The van der Waals surface area contributed by atoms with Gasteiger partial charge in [0.25, 0.3) is 11.5 Å². The summed E-state index contributed by atoms with van der Waals surface area (Å²) in [6, 6.07) is 8.63. The number of H-pyrrole nitrogens is 1. The maximum atomic E-state index is 12.9. The van der Waals surface area contributed by atoms with Crippen LogP contribution in [0.1, 0.15) is 34.5 Å². The molecule has 5 nitrogen and oxygen atoms in total. The molecule has 0 saturated carbocycles. The molecule has 1 heterocycles. The van der Waals surface area contributed by atoms with Crippen molar-refractivity contribution < 1.29 is 18.0 Å². The van der Waals surface area contributed by atoms with Crippen molar-refractivity contribution >= 4 is 29.0 Å². The number of nitrogens with one attached hydrogen (secondary N) is 2. The zero-order chi connectivity index (χ0) is 20.6. The molecule has 9 heteroatoms. The lowest BCUT2D eigenvalue weighted by molar-refractivity contribution is -0.137. The number of carbonyl (C=O) groups is 1. The molecule has 0 fully saturated rings. The molecule has 0 aliphatic heterocycles.